The van der Waals surface area contributed by atoms with Crippen molar-refractivity contribution < 1.29 is 27.6 Å². The zero-order valence-corrected chi connectivity index (χ0v) is 12.0. The molecule has 0 radical (unpaired) electrons. The van der Waals surface area contributed by atoms with Crippen molar-refractivity contribution >= 4 is 21.7 Å². The predicted octanol–water partition coefficient (Wildman–Crippen LogP) is 1.72. The summed E-state index contributed by atoms with van der Waals surface area (Å²) in [5, 5.41) is 8.77. The molecule has 0 bridgehead atoms. The number of allylic oxidation sites excluding steroid dienone is 2. The standard InChI is InChI=1S/C14H14O6S/c1-20-12-8-11(15)10(7-13(12)21(17,18)19)14(16)9-5-3-2-4-6-9/h2-6,8,13,16H,7H2,1H3,(H,17,18,19). The fourth-order valence-electron chi connectivity index (χ4n) is 2.12. The molecule has 0 saturated heterocycles. The third-order valence-corrected chi connectivity index (χ3v) is 4.32. The molecule has 0 saturated carbocycles. The Morgan fingerprint density at radius 1 is 1.29 bits per heavy atom. The van der Waals surface area contributed by atoms with Crippen LogP contribution in [0.2, 0.25) is 0 Å². The summed E-state index contributed by atoms with van der Waals surface area (Å²) in [4.78, 5) is 12.0. The van der Waals surface area contributed by atoms with Gasteiger partial charge in [0.2, 0.25) is 0 Å². The van der Waals surface area contributed by atoms with Crippen molar-refractivity contribution in [2.45, 2.75) is 11.7 Å². The predicted molar refractivity (Wildman–Crippen MR) is 76.0 cm³/mol. The number of aliphatic hydroxyl groups excluding tert-OH is 1. The van der Waals surface area contributed by atoms with Crippen LogP contribution in [0, 0.1) is 0 Å². The van der Waals surface area contributed by atoms with Gasteiger partial charge in [0.1, 0.15) is 16.8 Å². The van der Waals surface area contributed by atoms with Crippen molar-refractivity contribution in [3.05, 3.63) is 53.3 Å². The van der Waals surface area contributed by atoms with Crippen LogP contribution in [0.5, 0.6) is 0 Å². The number of ether oxygens (including phenoxy) is 1. The van der Waals surface area contributed by atoms with E-state index in [1.807, 2.05) is 0 Å². The van der Waals surface area contributed by atoms with E-state index in [4.69, 9.17) is 4.74 Å². The molecule has 0 spiro atoms. The molecule has 7 heteroatoms. The zero-order valence-electron chi connectivity index (χ0n) is 11.2. The summed E-state index contributed by atoms with van der Waals surface area (Å²) in [5.74, 6) is -0.999. The number of aliphatic hydroxyl groups is 1. The molecule has 2 rings (SSSR count). The molecular weight excluding hydrogens is 296 g/mol. The maximum absolute atomic E-state index is 12.0. The Morgan fingerprint density at radius 3 is 2.43 bits per heavy atom. The van der Waals surface area contributed by atoms with Crippen molar-refractivity contribution in [2.75, 3.05) is 7.11 Å². The van der Waals surface area contributed by atoms with Crippen LogP contribution < -0.4 is 0 Å². The molecule has 0 aliphatic heterocycles. The largest absolute Gasteiger partial charge is 0.507 e. The first kappa shape index (κ1) is 15.3. The first-order chi connectivity index (χ1) is 9.84. The molecule has 0 aromatic heterocycles. The van der Waals surface area contributed by atoms with Gasteiger partial charge in [0, 0.05) is 23.6 Å². The molecule has 1 aliphatic carbocycles. The molecule has 1 unspecified atom stereocenters. The van der Waals surface area contributed by atoms with Gasteiger partial charge in [-0.3, -0.25) is 9.35 Å². The Bertz CT molecular complexity index is 715. The minimum Gasteiger partial charge on any atom is -0.507 e. The molecule has 0 fully saturated rings. The molecule has 6 nitrogen and oxygen atoms in total. The minimum atomic E-state index is -4.45. The lowest BCUT2D eigenvalue weighted by molar-refractivity contribution is -0.111. The van der Waals surface area contributed by atoms with E-state index in [1.54, 1.807) is 30.3 Å². The normalized spacial score (nSPS) is 21.7. The van der Waals surface area contributed by atoms with Gasteiger partial charge in [0.15, 0.2) is 5.78 Å². The first-order valence-electron chi connectivity index (χ1n) is 6.08. The summed E-state index contributed by atoms with van der Waals surface area (Å²) >= 11 is 0. The van der Waals surface area contributed by atoms with Crippen LogP contribution in [0.3, 0.4) is 0 Å². The second kappa shape index (κ2) is 5.71. The van der Waals surface area contributed by atoms with Crippen LogP contribution in [0.4, 0.5) is 0 Å². The topological polar surface area (TPSA) is 101 Å². The highest BCUT2D eigenvalue weighted by molar-refractivity contribution is 7.86. The van der Waals surface area contributed by atoms with Crippen LogP contribution >= 0.6 is 0 Å². The third-order valence-electron chi connectivity index (χ3n) is 3.21. The van der Waals surface area contributed by atoms with Crippen LogP contribution in [0.15, 0.2) is 47.7 Å². The number of methoxy groups -OCH3 is 1. The Kier molecular flexibility index (Phi) is 4.15. The van der Waals surface area contributed by atoms with Crippen molar-refractivity contribution in [3.8, 4) is 0 Å². The van der Waals surface area contributed by atoms with E-state index in [-0.39, 0.29) is 23.5 Å². The lowest BCUT2D eigenvalue weighted by atomic mass is 9.94. The van der Waals surface area contributed by atoms with Crippen molar-refractivity contribution in [2.24, 2.45) is 0 Å². The SMILES string of the molecule is COC1=CC(=O)C(=C(O)c2ccccc2)CC1S(=O)(=O)O. The molecule has 1 aliphatic rings. The fraction of sp³-hybridized carbons (Fsp3) is 0.214. The molecule has 1 atom stereocenters. The molecule has 112 valence electrons. The molecule has 2 N–H and O–H groups in total. The maximum atomic E-state index is 12.0. The van der Waals surface area contributed by atoms with Crippen LogP contribution in [0.1, 0.15) is 12.0 Å². The van der Waals surface area contributed by atoms with Gasteiger partial charge >= 0.3 is 0 Å². The smallest absolute Gasteiger partial charge is 0.275 e. The number of carbonyl (C=O) groups is 1. The van der Waals surface area contributed by atoms with E-state index in [0.717, 1.165) is 6.08 Å². The highest BCUT2D eigenvalue weighted by Crippen LogP contribution is 2.30. The van der Waals surface area contributed by atoms with Gasteiger partial charge in [-0.25, -0.2) is 0 Å². The highest BCUT2D eigenvalue weighted by Gasteiger charge is 2.36. The van der Waals surface area contributed by atoms with Crippen molar-refractivity contribution in [1.82, 2.24) is 0 Å². The average Bonchev–Trinajstić information content (AvgIpc) is 2.45. The van der Waals surface area contributed by atoms with Gasteiger partial charge < -0.3 is 9.84 Å². The molecule has 1 aromatic rings. The summed E-state index contributed by atoms with van der Waals surface area (Å²) in [6.45, 7) is 0. The number of carbonyl (C=O) groups excluding carboxylic acids is 1. The number of ketones is 1. The lowest BCUT2D eigenvalue weighted by Crippen LogP contribution is -2.30. The third kappa shape index (κ3) is 3.14. The maximum Gasteiger partial charge on any atom is 0.275 e. The Balaban J connectivity index is 2.53. The van der Waals surface area contributed by atoms with Crippen LogP contribution in [0.25, 0.3) is 5.76 Å². The average molecular weight is 310 g/mol. The molecular formula is C14H14O6S. The number of benzene rings is 1. The molecule has 0 heterocycles. The van der Waals surface area contributed by atoms with E-state index >= 15 is 0 Å². The van der Waals surface area contributed by atoms with E-state index in [2.05, 4.69) is 0 Å². The second-order valence-corrected chi connectivity index (χ2v) is 6.11. The second-order valence-electron chi connectivity index (χ2n) is 4.52. The van der Waals surface area contributed by atoms with Gasteiger partial charge in [-0.1, -0.05) is 30.3 Å². The van der Waals surface area contributed by atoms with Gasteiger partial charge in [0.05, 0.1) is 7.11 Å². The highest BCUT2D eigenvalue weighted by atomic mass is 32.2. The summed E-state index contributed by atoms with van der Waals surface area (Å²) in [6.07, 6.45) is 0.620. The fourth-order valence-corrected chi connectivity index (χ4v) is 2.96. The minimum absolute atomic E-state index is 0.0791. The lowest BCUT2D eigenvalue weighted by Gasteiger charge is -2.22. The summed E-state index contributed by atoms with van der Waals surface area (Å²) in [6, 6.07) is 8.28. The van der Waals surface area contributed by atoms with E-state index in [9.17, 15) is 22.9 Å². The van der Waals surface area contributed by atoms with Crippen LogP contribution in [-0.2, 0) is 19.6 Å². The Labute approximate surface area is 122 Å². The van der Waals surface area contributed by atoms with Gasteiger partial charge in [0.25, 0.3) is 10.1 Å². The van der Waals surface area contributed by atoms with Gasteiger partial charge in [-0.15, -0.1) is 0 Å². The summed E-state index contributed by atoms with van der Waals surface area (Å²) < 4.78 is 36.8. The van der Waals surface area contributed by atoms with Crippen molar-refractivity contribution in [3.63, 3.8) is 0 Å². The van der Waals surface area contributed by atoms with Gasteiger partial charge in [-0.2, -0.15) is 8.42 Å². The van der Waals surface area contributed by atoms with E-state index in [1.165, 1.54) is 7.11 Å². The van der Waals surface area contributed by atoms with Crippen LogP contribution in [-0.4, -0.2) is 36.2 Å². The summed E-state index contributed by atoms with van der Waals surface area (Å²) in [7, 11) is -3.24. The molecule has 0 amide bonds. The summed E-state index contributed by atoms with van der Waals surface area (Å²) in [5.41, 5.74) is 0.314. The zero-order chi connectivity index (χ0) is 15.6. The van der Waals surface area contributed by atoms with E-state index in [0.29, 0.717) is 5.56 Å². The number of hydrogen-bond acceptors (Lipinski definition) is 5. The Hall–Kier alpha value is -2.12. The molecule has 21 heavy (non-hydrogen) atoms. The quantitative estimate of drug-likeness (QED) is 0.501. The van der Waals surface area contributed by atoms with Gasteiger partial charge in [-0.05, 0) is 0 Å². The van der Waals surface area contributed by atoms with E-state index < -0.39 is 21.2 Å². The number of rotatable bonds is 3. The number of hydrogen-bond donors (Lipinski definition) is 2. The van der Waals surface area contributed by atoms with Crippen molar-refractivity contribution in [1.29, 1.82) is 0 Å². The Morgan fingerprint density at radius 2 is 1.90 bits per heavy atom. The first-order valence-corrected chi connectivity index (χ1v) is 7.58. The molecule has 1 aromatic carbocycles. The monoisotopic (exact) mass is 310 g/mol.